The lowest BCUT2D eigenvalue weighted by Crippen LogP contribution is -2.20. The van der Waals surface area contributed by atoms with Gasteiger partial charge in [0.15, 0.2) is 0 Å². The van der Waals surface area contributed by atoms with Crippen LogP contribution >= 0.6 is 7.92 Å². The molecule has 0 unspecified atom stereocenters. The number of carbonyl (C=O) groups is 1. The van der Waals surface area contributed by atoms with E-state index in [2.05, 4.69) is 91.0 Å². The van der Waals surface area contributed by atoms with E-state index >= 15 is 0 Å². The Labute approximate surface area is 145 Å². The summed E-state index contributed by atoms with van der Waals surface area (Å²) >= 11 is 0. The molecule has 3 aromatic rings. The van der Waals surface area contributed by atoms with Crippen molar-refractivity contribution in [2.24, 2.45) is 0 Å². The Balaban J connectivity index is 0.000000522. The first-order valence-electron chi connectivity index (χ1n) is 7.61. The Morgan fingerprint density at radius 3 is 1.00 bits per heavy atom. The van der Waals surface area contributed by atoms with Crippen molar-refractivity contribution < 1.29 is 10.3 Å². The molecule has 0 aliphatic rings. The third-order valence-electron chi connectivity index (χ3n) is 3.04. The second-order valence-corrected chi connectivity index (χ2v) is 7.47. The maximum absolute atomic E-state index is 9.44. The summed E-state index contributed by atoms with van der Waals surface area (Å²) in [6, 6.07) is 32.3. The van der Waals surface area contributed by atoms with Crippen LogP contribution in [0.1, 0.15) is 13.8 Å². The Bertz CT molecular complexity index is 615. The van der Waals surface area contributed by atoms with E-state index in [0.717, 1.165) is 0 Å². The molecule has 124 valence electrons. The van der Waals surface area contributed by atoms with Crippen LogP contribution in [0.4, 0.5) is 0 Å². The maximum Gasteiger partial charge on any atom is 0.126 e. The number of ketones is 1. The van der Waals surface area contributed by atoms with Gasteiger partial charge in [-0.05, 0) is 37.7 Å². The molecule has 0 bridgehead atoms. The van der Waals surface area contributed by atoms with Gasteiger partial charge in [-0.3, -0.25) is 0 Å². The van der Waals surface area contributed by atoms with Gasteiger partial charge in [0.2, 0.25) is 0 Å². The summed E-state index contributed by atoms with van der Waals surface area (Å²) in [4.78, 5) is 9.44. The summed E-state index contributed by atoms with van der Waals surface area (Å²) in [5, 5.41) is 4.19. The lowest BCUT2D eigenvalue weighted by molar-refractivity contribution is -0.114. The van der Waals surface area contributed by atoms with Gasteiger partial charge in [-0.2, -0.15) is 0 Å². The molecule has 0 aliphatic heterocycles. The molecule has 0 aliphatic carbocycles. The van der Waals surface area contributed by atoms with Gasteiger partial charge >= 0.3 is 0 Å². The average Bonchev–Trinajstić information content (AvgIpc) is 2.58. The van der Waals surface area contributed by atoms with Crippen LogP contribution in [0.5, 0.6) is 0 Å². The minimum atomic E-state index is -0.446. The molecule has 0 spiro atoms. The minimum Gasteiger partial charge on any atom is -0.412 e. The molecule has 0 saturated carbocycles. The van der Waals surface area contributed by atoms with E-state index in [4.69, 9.17) is 0 Å². The second kappa shape index (κ2) is 10.5. The monoisotopic (exact) mass is 338 g/mol. The average molecular weight is 338 g/mol. The molecular formula is C21H23O2P. The number of carbonyl (C=O) groups excluding carboxylic acids is 1. The van der Waals surface area contributed by atoms with Gasteiger partial charge in [0.1, 0.15) is 5.78 Å². The van der Waals surface area contributed by atoms with Crippen molar-refractivity contribution in [3.8, 4) is 0 Å². The summed E-state index contributed by atoms with van der Waals surface area (Å²) in [6.07, 6.45) is 0. The van der Waals surface area contributed by atoms with Gasteiger partial charge in [0.25, 0.3) is 0 Å². The number of rotatable bonds is 3. The van der Waals surface area contributed by atoms with E-state index in [9.17, 15) is 4.79 Å². The predicted octanol–water partition coefficient (Wildman–Crippen LogP) is 3.22. The van der Waals surface area contributed by atoms with Crippen molar-refractivity contribution >= 4 is 29.6 Å². The quantitative estimate of drug-likeness (QED) is 0.677. The first-order valence-corrected chi connectivity index (χ1v) is 8.95. The molecule has 3 aromatic carbocycles. The van der Waals surface area contributed by atoms with Crippen LogP contribution in [0.25, 0.3) is 0 Å². The molecule has 2 N–H and O–H groups in total. The molecular weight excluding hydrogens is 315 g/mol. The van der Waals surface area contributed by atoms with Gasteiger partial charge in [0, 0.05) is 0 Å². The lowest BCUT2D eigenvalue weighted by atomic mass is 10.4. The summed E-state index contributed by atoms with van der Waals surface area (Å²) in [7, 11) is -0.446. The van der Waals surface area contributed by atoms with Crippen molar-refractivity contribution in [2.45, 2.75) is 13.8 Å². The van der Waals surface area contributed by atoms with Crippen molar-refractivity contribution in [2.75, 3.05) is 0 Å². The van der Waals surface area contributed by atoms with Gasteiger partial charge < -0.3 is 10.3 Å². The fourth-order valence-corrected chi connectivity index (χ4v) is 4.48. The first kappa shape index (κ1) is 19.8. The molecule has 24 heavy (non-hydrogen) atoms. The molecule has 0 heterocycles. The highest BCUT2D eigenvalue weighted by molar-refractivity contribution is 7.79. The smallest absolute Gasteiger partial charge is 0.126 e. The SMILES string of the molecule is CC(C)=O.O.c1ccc(P(c2ccccc2)c2ccccc2)cc1. The molecule has 0 aromatic heterocycles. The highest BCUT2D eigenvalue weighted by atomic mass is 31.1. The standard InChI is InChI=1S/C18H15P.C3H6O.H2O/c1-4-10-16(11-5-1)19(17-12-6-2-7-13-17)18-14-8-3-9-15-18;1-3(2)4;/h1-15H;1-2H3;1H2. The van der Waals surface area contributed by atoms with Crippen molar-refractivity contribution in [1.82, 2.24) is 0 Å². The van der Waals surface area contributed by atoms with Crippen LogP contribution in [-0.2, 0) is 4.79 Å². The van der Waals surface area contributed by atoms with Crippen molar-refractivity contribution in [1.29, 1.82) is 0 Å². The Hall–Kier alpha value is -2.28. The molecule has 3 heteroatoms. The summed E-state index contributed by atoms with van der Waals surface area (Å²) < 4.78 is 0. The minimum absolute atomic E-state index is 0. The van der Waals surface area contributed by atoms with Gasteiger partial charge in [-0.1, -0.05) is 91.0 Å². The van der Waals surface area contributed by atoms with Gasteiger partial charge in [-0.15, -0.1) is 0 Å². The Morgan fingerprint density at radius 1 is 0.583 bits per heavy atom. The Morgan fingerprint density at radius 2 is 0.792 bits per heavy atom. The maximum atomic E-state index is 9.44. The summed E-state index contributed by atoms with van der Waals surface area (Å²) in [5.41, 5.74) is 0. The van der Waals surface area contributed by atoms with Crippen LogP contribution in [-0.4, -0.2) is 11.3 Å². The topological polar surface area (TPSA) is 48.6 Å². The van der Waals surface area contributed by atoms with Crippen LogP contribution in [0.2, 0.25) is 0 Å². The first-order chi connectivity index (χ1) is 11.2. The number of Topliss-reactive ketones (excluding diaryl/α,β-unsaturated/α-hetero) is 1. The highest BCUT2D eigenvalue weighted by Crippen LogP contribution is 2.32. The van der Waals surface area contributed by atoms with Crippen molar-refractivity contribution in [3.05, 3.63) is 91.0 Å². The summed E-state index contributed by atoms with van der Waals surface area (Å²) in [6.45, 7) is 3.06. The van der Waals surface area contributed by atoms with Crippen LogP contribution in [0, 0.1) is 0 Å². The number of hydrogen-bond acceptors (Lipinski definition) is 1. The fraction of sp³-hybridized carbons (Fsp3) is 0.0952. The van der Waals surface area contributed by atoms with E-state index in [0.29, 0.717) is 0 Å². The predicted molar refractivity (Wildman–Crippen MR) is 105 cm³/mol. The zero-order chi connectivity index (χ0) is 16.5. The molecule has 0 atom stereocenters. The van der Waals surface area contributed by atoms with E-state index in [1.807, 2.05) is 0 Å². The van der Waals surface area contributed by atoms with Crippen LogP contribution in [0.15, 0.2) is 91.0 Å². The van der Waals surface area contributed by atoms with Gasteiger partial charge in [-0.25, -0.2) is 0 Å². The molecule has 0 amide bonds. The third-order valence-corrected chi connectivity index (χ3v) is 5.49. The zero-order valence-corrected chi connectivity index (χ0v) is 14.9. The Kier molecular flexibility index (Phi) is 8.64. The number of hydrogen-bond donors (Lipinski definition) is 0. The fourth-order valence-electron chi connectivity index (χ4n) is 2.18. The lowest BCUT2D eigenvalue weighted by Gasteiger charge is -2.18. The highest BCUT2D eigenvalue weighted by Gasteiger charge is 2.14. The van der Waals surface area contributed by atoms with E-state index in [1.165, 1.54) is 29.8 Å². The number of benzene rings is 3. The van der Waals surface area contributed by atoms with Crippen LogP contribution < -0.4 is 15.9 Å². The molecule has 0 radical (unpaired) electrons. The molecule has 3 rings (SSSR count). The van der Waals surface area contributed by atoms with Gasteiger partial charge in [0.05, 0.1) is 0 Å². The van der Waals surface area contributed by atoms with E-state index in [1.54, 1.807) is 0 Å². The zero-order valence-electron chi connectivity index (χ0n) is 14.0. The summed E-state index contributed by atoms with van der Waals surface area (Å²) in [5.74, 6) is 0.167. The third kappa shape index (κ3) is 6.08. The van der Waals surface area contributed by atoms with Crippen LogP contribution in [0.3, 0.4) is 0 Å². The molecule has 0 saturated heterocycles. The molecule has 2 nitrogen and oxygen atoms in total. The van der Waals surface area contributed by atoms with E-state index in [-0.39, 0.29) is 11.3 Å². The van der Waals surface area contributed by atoms with E-state index < -0.39 is 7.92 Å². The normalized spacial score (nSPS) is 9.46. The largest absolute Gasteiger partial charge is 0.412 e. The molecule has 0 fully saturated rings. The second-order valence-electron chi connectivity index (χ2n) is 5.25. The van der Waals surface area contributed by atoms with Crippen molar-refractivity contribution in [3.63, 3.8) is 0 Å².